The fourth-order valence-electron chi connectivity index (χ4n) is 2.29. The summed E-state index contributed by atoms with van der Waals surface area (Å²) in [6.45, 7) is 0. The Morgan fingerprint density at radius 3 is 1.83 bits per heavy atom. The van der Waals surface area contributed by atoms with E-state index in [1.54, 1.807) is 31.5 Å². The van der Waals surface area contributed by atoms with Crippen LogP contribution in [0.3, 0.4) is 0 Å². The number of aromatic hydroxyl groups is 2. The number of methoxy groups -OCH3 is 2. The molecular weight excluding hydrogens is 296 g/mol. The van der Waals surface area contributed by atoms with E-state index in [4.69, 9.17) is 14.9 Å². The first kappa shape index (κ1) is 16.4. The molecule has 3 N–H and O–H groups in total. The molecule has 0 unspecified atom stereocenters. The lowest BCUT2D eigenvalue weighted by molar-refractivity contribution is 0.371. The summed E-state index contributed by atoms with van der Waals surface area (Å²) in [7, 11) is 4.50. The zero-order valence-electron chi connectivity index (χ0n) is 13.1. The van der Waals surface area contributed by atoms with E-state index in [-0.39, 0.29) is 23.0 Å². The second-order valence-corrected chi connectivity index (χ2v) is 4.77. The molecule has 2 rings (SSSR count). The average molecular weight is 314 g/mol. The van der Waals surface area contributed by atoms with Crippen LogP contribution in [-0.4, -0.2) is 43.9 Å². The van der Waals surface area contributed by atoms with Crippen molar-refractivity contribution in [3.63, 3.8) is 0 Å². The Balaban J connectivity index is 2.79. The van der Waals surface area contributed by atoms with Gasteiger partial charge in [-0.3, -0.25) is 4.99 Å². The third-order valence-electron chi connectivity index (χ3n) is 3.37. The summed E-state index contributed by atoms with van der Waals surface area (Å²) in [6, 6.07) is 6.44. The van der Waals surface area contributed by atoms with Crippen LogP contribution in [0.25, 0.3) is 11.1 Å². The number of hydrogen-bond acceptors (Lipinski definition) is 6. The van der Waals surface area contributed by atoms with Gasteiger partial charge in [-0.05, 0) is 35.4 Å². The standard InChI is InChI=1S/C17H18N2O4/c1-19-9-11-5-13(17(21)15(7-11)23-3)12-4-10(8-18)6-14(22-2)16(12)20/h4-9,18,20-21H,1-3H3. The van der Waals surface area contributed by atoms with Crippen molar-refractivity contribution >= 4 is 12.4 Å². The molecule has 23 heavy (non-hydrogen) atoms. The van der Waals surface area contributed by atoms with Gasteiger partial charge in [0.2, 0.25) is 0 Å². The third-order valence-corrected chi connectivity index (χ3v) is 3.37. The number of benzene rings is 2. The quantitative estimate of drug-likeness (QED) is 0.740. The Kier molecular flexibility index (Phi) is 4.85. The highest BCUT2D eigenvalue weighted by atomic mass is 16.5. The summed E-state index contributed by atoms with van der Waals surface area (Å²) >= 11 is 0. The molecule has 0 bridgehead atoms. The van der Waals surface area contributed by atoms with Gasteiger partial charge >= 0.3 is 0 Å². The number of rotatable bonds is 5. The highest BCUT2D eigenvalue weighted by Crippen LogP contribution is 2.45. The fourth-order valence-corrected chi connectivity index (χ4v) is 2.29. The van der Waals surface area contributed by atoms with E-state index in [1.807, 2.05) is 0 Å². The van der Waals surface area contributed by atoms with Gasteiger partial charge in [-0.25, -0.2) is 0 Å². The second-order valence-electron chi connectivity index (χ2n) is 4.77. The van der Waals surface area contributed by atoms with E-state index in [2.05, 4.69) is 4.99 Å². The fraction of sp³-hybridized carbons (Fsp3) is 0.176. The molecule has 0 aliphatic carbocycles. The van der Waals surface area contributed by atoms with Gasteiger partial charge in [-0.15, -0.1) is 0 Å². The molecule has 0 fully saturated rings. The molecule has 0 saturated carbocycles. The van der Waals surface area contributed by atoms with Crippen LogP contribution in [-0.2, 0) is 0 Å². The van der Waals surface area contributed by atoms with Crippen LogP contribution in [0.1, 0.15) is 11.1 Å². The van der Waals surface area contributed by atoms with Crippen molar-refractivity contribution in [2.75, 3.05) is 21.3 Å². The van der Waals surface area contributed by atoms with Crippen molar-refractivity contribution in [1.82, 2.24) is 0 Å². The number of ether oxygens (including phenoxy) is 2. The van der Waals surface area contributed by atoms with Crippen molar-refractivity contribution in [2.24, 2.45) is 4.99 Å². The van der Waals surface area contributed by atoms with E-state index < -0.39 is 0 Å². The molecule has 0 aliphatic heterocycles. The van der Waals surface area contributed by atoms with Gasteiger partial charge in [0.25, 0.3) is 0 Å². The molecule has 0 spiro atoms. The van der Waals surface area contributed by atoms with Crippen LogP contribution in [0.15, 0.2) is 29.3 Å². The average Bonchev–Trinajstić information content (AvgIpc) is 2.57. The van der Waals surface area contributed by atoms with Crippen molar-refractivity contribution in [3.8, 4) is 34.1 Å². The molecule has 0 atom stereocenters. The highest BCUT2D eigenvalue weighted by molar-refractivity contribution is 5.91. The number of nitrogens with one attached hydrogen (secondary N) is 1. The molecule has 0 saturated heterocycles. The van der Waals surface area contributed by atoms with Gasteiger partial charge in [0.1, 0.15) is 0 Å². The Morgan fingerprint density at radius 2 is 1.39 bits per heavy atom. The normalized spacial score (nSPS) is 10.7. The van der Waals surface area contributed by atoms with Crippen LogP contribution in [0.2, 0.25) is 0 Å². The van der Waals surface area contributed by atoms with Crippen molar-refractivity contribution < 1.29 is 19.7 Å². The Hall–Kier alpha value is -3.02. The number of nitrogens with zero attached hydrogens (tertiary/aromatic N) is 1. The van der Waals surface area contributed by atoms with Crippen LogP contribution in [0.5, 0.6) is 23.0 Å². The number of phenolic OH excluding ortho intramolecular Hbond substituents is 2. The lowest BCUT2D eigenvalue weighted by Gasteiger charge is -2.14. The van der Waals surface area contributed by atoms with E-state index in [1.165, 1.54) is 20.3 Å². The summed E-state index contributed by atoms with van der Waals surface area (Å²) in [5.74, 6) is 0.242. The summed E-state index contributed by atoms with van der Waals surface area (Å²) < 4.78 is 10.3. The summed E-state index contributed by atoms with van der Waals surface area (Å²) in [5.41, 5.74) is 1.93. The Morgan fingerprint density at radius 1 is 0.913 bits per heavy atom. The molecule has 6 heteroatoms. The molecule has 0 aliphatic rings. The third kappa shape index (κ3) is 3.11. The maximum absolute atomic E-state index is 10.4. The molecular formula is C17H18N2O4. The predicted molar refractivity (Wildman–Crippen MR) is 89.7 cm³/mol. The van der Waals surface area contributed by atoms with E-state index in [0.717, 1.165) is 6.21 Å². The van der Waals surface area contributed by atoms with Crippen LogP contribution in [0, 0.1) is 5.41 Å². The van der Waals surface area contributed by atoms with E-state index in [9.17, 15) is 10.2 Å². The van der Waals surface area contributed by atoms with Crippen molar-refractivity contribution in [1.29, 1.82) is 5.41 Å². The van der Waals surface area contributed by atoms with Gasteiger partial charge in [-0.2, -0.15) is 0 Å². The minimum atomic E-state index is -0.124. The van der Waals surface area contributed by atoms with Crippen molar-refractivity contribution in [2.45, 2.75) is 0 Å². The van der Waals surface area contributed by atoms with Gasteiger partial charge in [0.15, 0.2) is 23.0 Å². The summed E-state index contributed by atoms with van der Waals surface area (Å²) in [5, 5.41) is 28.2. The molecule has 2 aromatic carbocycles. The zero-order chi connectivity index (χ0) is 17.0. The largest absolute Gasteiger partial charge is 0.504 e. The minimum absolute atomic E-state index is 0.111. The maximum Gasteiger partial charge on any atom is 0.165 e. The highest BCUT2D eigenvalue weighted by Gasteiger charge is 2.18. The van der Waals surface area contributed by atoms with E-state index >= 15 is 0 Å². The van der Waals surface area contributed by atoms with Gasteiger partial charge in [0, 0.05) is 30.6 Å². The lowest BCUT2D eigenvalue weighted by atomic mass is 9.98. The zero-order valence-corrected chi connectivity index (χ0v) is 13.1. The summed E-state index contributed by atoms with van der Waals surface area (Å²) in [6.07, 6.45) is 2.75. The van der Waals surface area contributed by atoms with Crippen LogP contribution in [0.4, 0.5) is 0 Å². The van der Waals surface area contributed by atoms with Crippen LogP contribution >= 0.6 is 0 Å². The lowest BCUT2D eigenvalue weighted by Crippen LogP contribution is -1.94. The Bertz CT molecular complexity index is 770. The topological polar surface area (TPSA) is 95.1 Å². The molecule has 0 heterocycles. The summed E-state index contributed by atoms with van der Waals surface area (Å²) in [4.78, 5) is 3.95. The molecule has 6 nitrogen and oxygen atoms in total. The van der Waals surface area contributed by atoms with Crippen LogP contribution < -0.4 is 9.47 Å². The molecule has 0 aromatic heterocycles. The molecule has 0 amide bonds. The van der Waals surface area contributed by atoms with Crippen molar-refractivity contribution in [3.05, 3.63) is 35.4 Å². The maximum atomic E-state index is 10.4. The van der Waals surface area contributed by atoms with Gasteiger partial charge in [0.05, 0.1) is 14.2 Å². The van der Waals surface area contributed by atoms with Gasteiger partial charge < -0.3 is 25.1 Å². The number of aliphatic imine (C=N–C) groups is 1. The monoisotopic (exact) mass is 314 g/mol. The second kappa shape index (κ2) is 6.83. The first-order valence-corrected chi connectivity index (χ1v) is 6.80. The number of phenols is 2. The molecule has 120 valence electrons. The Labute approximate surface area is 134 Å². The van der Waals surface area contributed by atoms with Gasteiger partial charge in [-0.1, -0.05) is 0 Å². The van der Waals surface area contributed by atoms with E-state index in [0.29, 0.717) is 22.3 Å². The molecule has 2 aromatic rings. The molecule has 0 radical (unpaired) electrons. The first-order valence-electron chi connectivity index (χ1n) is 6.80. The predicted octanol–water partition coefficient (Wildman–Crippen LogP) is 2.83. The first-order chi connectivity index (χ1) is 11.0. The number of hydrogen-bond donors (Lipinski definition) is 3. The minimum Gasteiger partial charge on any atom is -0.504 e. The smallest absolute Gasteiger partial charge is 0.165 e. The SMILES string of the molecule is CN=Cc1cc(OC)c(O)c(-c2cc(C=N)cc(OC)c2O)c1.